The lowest BCUT2D eigenvalue weighted by atomic mass is 9.94. The summed E-state index contributed by atoms with van der Waals surface area (Å²) in [5.74, 6) is -1.89. The van der Waals surface area contributed by atoms with Crippen molar-refractivity contribution in [3.8, 4) is 0 Å². The van der Waals surface area contributed by atoms with Gasteiger partial charge in [-0.15, -0.1) is 0 Å². The fourth-order valence-electron chi connectivity index (χ4n) is 1.48. The molecule has 1 rings (SSSR count). The molecule has 0 bridgehead atoms. The van der Waals surface area contributed by atoms with E-state index >= 15 is 0 Å². The van der Waals surface area contributed by atoms with Crippen LogP contribution in [0.1, 0.15) is 23.5 Å². The van der Waals surface area contributed by atoms with Gasteiger partial charge in [0.15, 0.2) is 0 Å². The van der Waals surface area contributed by atoms with Gasteiger partial charge in [0, 0.05) is 0 Å². The molecule has 0 heterocycles. The van der Waals surface area contributed by atoms with Crippen LogP contribution in [0.5, 0.6) is 0 Å². The van der Waals surface area contributed by atoms with Crippen LogP contribution in [0, 0.1) is 12.7 Å². The molecule has 0 amide bonds. The molecular formula is C11H14FNO2. The Kier molecular flexibility index (Phi) is 3.80. The molecule has 0 saturated carbocycles. The van der Waals surface area contributed by atoms with Gasteiger partial charge in [0.1, 0.15) is 5.82 Å². The Morgan fingerprint density at radius 2 is 2.27 bits per heavy atom. The second-order valence-corrected chi connectivity index (χ2v) is 3.48. The largest absolute Gasteiger partial charge is 0.481 e. The molecule has 0 aliphatic rings. The van der Waals surface area contributed by atoms with E-state index in [0.717, 1.165) is 0 Å². The van der Waals surface area contributed by atoms with E-state index in [4.69, 9.17) is 10.8 Å². The molecule has 4 heteroatoms. The number of carbonyl (C=O) groups is 1. The first-order chi connectivity index (χ1) is 7.06. The van der Waals surface area contributed by atoms with Gasteiger partial charge in [-0.05, 0) is 37.1 Å². The molecule has 0 radical (unpaired) electrons. The average Bonchev–Trinajstić information content (AvgIpc) is 2.18. The highest BCUT2D eigenvalue weighted by Gasteiger charge is 2.19. The van der Waals surface area contributed by atoms with Crippen molar-refractivity contribution in [3.63, 3.8) is 0 Å². The maximum atomic E-state index is 13.0. The Hall–Kier alpha value is -1.42. The Morgan fingerprint density at radius 1 is 1.60 bits per heavy atom. The molecule has 1 aromatic rings. The second kappa shape index (κ2) is 4.89. The van der Waals surface area contributed by atoms with Gasteiger partial charge in [-0.3, -0.25) is 4.79 Å². The maximum absolute atomic E-state index is 13.0. The van der Waals surface area contributed by atoms with E-state index < -0.39 is 11.9 Å². The van der Waals surface area contributed by atoms with Crippen molar-refractivity contribution in [2.45, 2.75) is 19.3 Å². The first-order valence-electron chi connectivity index (χ1n) is 4.75. The average molecular weight is 211 g/mol. The van der Waals surface area contributed by atoms with Crippen LogP contribution >= 0.6 is 0 Å². The monoisotopic (exact) mass is 211 g/mol. The number of aryl methyl sites for hydroxylation is 1. The first-order valence-corrected chi connectivity index (χ1v) is 4.75. The van der Waals surface area contributed by atoms with Gasteiger partial charge in [0.2, 0.25) is 0 Å². The molecule has 0 aliphatic carbocycles. The zero-order valence-corrected chi connectivity index (χ0v) is 8.53. The van der Waals surface area contributed by atoms with Crippen molar-refractivity contribution < 1.29 is 14.3 Å². The molecule has 0 saturated heterocycles. The zero-order valence-electron chi connectivity index (χ0n) is 8.53. The van der Waals surface area contributed by atoms with E-state index in [-0.39, 0.29) is 5.82 Å². The molecule has 82 valence electrons. The summed E-state index contributed by atoms with van der Waals surface area (Å²) in [4.78, 5) is 10.9. The normalized spacial score (nSPS) is 12.5. The minimum atomic E-state index is -0.925. The molecule has 1 atom stereocenters. The third-order valence-corrected chi connectivity index (χ3v) is 2.34. The highest BCUT2D eigenvalue weighted by Crippen LogP contribution is 2.21. The summed E-state index contributed by atoms with van der Waals surface area (Å²) < 4.78 is 13.0. The summed E-state index contributed by atoms with van der Waals surface area (Å²) in [6.45, 7) is 1.91. The number of hydrogen-bond donors (Lipinski definition) is 2. The Balaban J connectivity index is 3.01. The first kappa shape index (κ1) is 11.7. The molecule has 1 aromatic carbocycles. The SMILES string of the molecule is Cc1cc(C(CCN)C(=O)O)ccc1F. The Morgan fingerprint density at radius 3 is 2.73 bits per heavy atom. The van der Waals surface area contributed by atoms with Crippen LogP contribution in [0.15, 0.2) is 18.2 Å². The summed E-state index contributed by atoms with van der Waals surface area (Å²) in [6, 6.07) is 4.34. The molecule has 1 unspecified atom stereocenters. The van der Waals surface area contributed by atoms with E-state index in [9.17, 15) is 9.18 Å². The van der Waals surface area contributed by atoms with Crippen LogP contribution in [-0.2, 0) is 4.79 Å². The summed E-state index contributed by atoms with van der Waals surface area (Å²) in [6.07, 6.45) is 0.362. The van der Waals surface area contributed by atoms with Crippen molar-refractivity contribution in [2.24, 2.45) is 5.73 Å². The number of carboxylic acids is 1. The van der Waals surface area contributed by atoms with Crippen molar-refractivity contribution >= 4 is 5.97 Å². The number of halogens is 1. The highest BCUT2D eigenvalue weighted by molar-refractivity contribution is 5.76. The molecular weight excluding hydrogens is 197 g/mol. The highest BCUT2D eigenvalue weighted by atomic mass is 19.1. The summed E-state index contributed by atoms with van der Waals surface area (Å²) in [7, 11) is 0. The van der Waals surface area contributed by atoms with Gasteiger partial charge in [-0.1, -0.05) is 12.1 Å². The van der Waals surface area contributed by atoms with Crippen LogP contribution in [0.2, 0.25) is 0 Å². The lowest BCUT2D eigenvalue weighted by Crippen LogP contribution is -2.16. The minimum Gasteiger partial charge on any atom is -0.481 e. The van der Waals surface area contributed by atoms with Gasteiger partial charge in [0.05, 0.1) is 5.92 Å². The third-order valence-electron chi connectivity index (χ3n) is 2.34. The van der Waals surface area contributed by atoms with E-state index in [0.29, 0.717) is 24.1 Å². The predicted octanol–water partition coefficient (Wildman–Crippen LogP) is 1.65. The maximum Gasteiger partial charge on any atom is 0.311 e. The smallest absolute Gasteiger partial charge is 0.311 e. The Bertz CT molecular complexity index is 366. The minimum absolute atomic E-state index is 0.299. The number of rotatable bonds is 4. The van der Waals surface area contributed by atoms with Crippen molar-refractivity contribution in [3.05, 3.63) is 35.1 Å². The summed E-state index contributed by atoms with van der Waals surface area (Å²) in [5, 5.41) is 8.97. The number of nitrogens with two attached hydrogens (primary N) is 1. The van der Waals surface area contributed by atoms with E-state index in [1.165, 1.54) is 12.1 Å². The van der Waals surface area contributed by atoms with E-state index in [2.05, 4.69) is 0 Å². The summed E-state index contributed by atoms with van der Waals surface area (Å²) in [5.41, 5.74) is 6.39. The molecule has 0 aliphatic heterocycles. The van der Waals surface area contributed by atoms with Crippen LogP contribution in [0.4, 0.5) is 4.39 Å². The second-order valence-electron chi connectivity index (χ2n) is 3.48. The fraction of sp³-hybridized carbons (Fsp3) is 0.364. The lowest BCUT2D eigenvalue weighted by molar-refractivity contribution is -0.138. The van der Waals surface area contributed by atoms with Crippen LogP contribution < -0.4 is 5.73 Å². The fourth-order valence-corrected chi connectivity index (χ4v) is 1.48. The third kappa shape index (κ3) is 2.76. The number of carboxylic acid groups (broad SMARTS) is 1. The standard InChI is InChI=1S/C11H14FNO2/c1-7-6-8(2-3-10(7)12)9(4-5-13)11(14)15/h2-3,6,9H,4-5,13H2,1H3,(H,14,15). The van der Waals surface area contributed by atoms with E-state index in [1.54, 1.807) is 13.0 Å². The molecule has 0 aromatic heterocycles. The molecule has 3 nitrogen and oxygen atoms in total. The molecule has 3 N–H and O–H groups in total. The predicted molar refractivity (Wildman–Crippen MR) is 55.2 cm³/mol. The quantitative estimate of drug-likeness (QED) is 0.796. The van der Waals surface area contributed by atoms with Crippen LogP contribution in [0.25, 0.3) is 0 Å². The Labute approximate surface area is 87.7 Å². The van der Waals surface area contributed by atoms with Gasteiger partial charge < -0.3 is 10.8 Å². The lowest BCUT2D eigenvalue weighted by Gasteiger charge is -2.12. The van der Waals surface area contributed by atoms with Crippen LogP contribution in [-0.4, -0.2) is 17.6 Å². The number of aliphatic carboxylic acids is 1. The topological polar surface area (TPSA) is 63.3 Å². The number of hydrogen-bond acceptors (Lipinski definition) is 2. The van der Waals surface area contributed by atoms with Crippen molar-refractivity contribution in [2.75, 3.05) is 6.54 Å². The van der Waals surface area contributed by atoms with Gasteiger partial charge in [-0.25, -0.2) is 4.39 Å². The molecule has 15 heavy (non-hydrogen) atoms. The molecule has 0 spiro atoms. The van der Waals surface area contributed by atoms with Gasteiger partial charge >= 0.3 is 5.97 Å². The summed E-state index contributed by atoms with van der Waals surface area (Å²) >= 11 is 0. The van der Waals surface area contributed by atoms with Crippen LogP contribution in [0.3, 0.4) is 0 Å². The van der Waals surface area contributed by atoms with Gasteiger partial charge in [0.25, 0.3) is 0 Å². The van der Waals surface area contributed by atoms with Crippen molar-refractivity contribution in [1.82, 2.24) is 0 Å². The zero-order chi connectivity index (χ0) is 11.4. The van der Waals surface area contributed by atoms with Gasteiger partial charge in [-0.2, -0.15) is 0 Å². The number of benzene rings is 1. The molecule has 0 fully saturated rings. The van der Waals surface area contributed by atoms with E-state index in [1.807, 2.05) is 0 Å². The van der Waals surface area contributed by atoms with Crippen molar-refractivity contribution in [1.29, 1.82) is 0 Å².